The Bertz CT molecular complexity index is 162. The van der Waals surface area contributed by atoms with E-state index in [2.05, 4.69) is 0 Å². The van der Waals surface area contributed by atoms with Gasteiger partial charge in [-0.2, -0.15) is 0 Å². The van der Waals surface area contributed by atoms with Crippen molar-refractivity contribution < 1.29 is 14.3 Å². The van der Waals surface area contributed by atoms with Crippen molar-refractivity contribution in [2.24, 2.45) is 11.3 Å². The normalized spacial score (nSPS) is 11.8. The number of hydrogen-bond donors (Lipinski definition) is 0. The largest absolute Gasteiger partial charge is 0.465 e. The van der Waals surface area contributed by atoms with Crippen LogP contribution in [-0.4, -0.2) is 26.3 Å². The highest BCUT2D eigenvalue weighted by molar-refractivity contribution is 5.76. The van der Waals surface area contributed by atoms with Crippen molar-refractivity contribution in [3.8, 4) is 0 Å². The molecule has 0 radical (unpaired) electrons. The van der Waals surface area contributed by atoms with E-state index >= 15 is 0 Å². The van der Waals surface area contributed by atoms with Crippen LogP contribution in [-0.2, 0) is 14.3 Å². The van der Waals surface area contributed by atoms with Crippen molar-refractivity contribution in [1.29, 1.82) is 0 Å². The third-order valence-corrected chi connectivity index (χ3v) is 1.61. The number of rotatable bonds is 5. The number of hydrogen-bond acceptors (Lipinski definition) is 3. The molecule has 0 rings (SSSR count). The van der Waals surface area contributed by atoms with Gasteiger partial charge in [-0.15, -0.1) is 0 Å². The lowest BCUT2D eigenvalue weighted by molar-refractivity contribution is -0.157. The van der Waals surface area contributed by atoms with E-state index in [-0.39, 0.29) is 5.97 Å². The van der Waals surface area contributed by atoms with Crippen LogP contribution in [0.3, 0.4) is 0 Å². The van der Waals surface area contributed by atoms with Crippen molar-refractivity contribution in [3.05, 3.63) is 0 Å². The summed E-state index contributed by atoms with van der Waals surface area (Å²) in [5.74, 6) is 0.186. The van der Waals surface area contributed by atoms with E-state index in [1.165, 1.54) is 0 Å². The molecule has 0 aromatic rings. The quantitative estimate of drug-likeness (QED) is 0.618. The average molecular weight is 188 g/mol. The van der Waals surface area contributed by atoms with E-state index in [1.54, 1.807) is 7.11 Å². The molecule has 0 saturated carbocycles. The monoisotopic (exact) mass is 188 g/mol. The molecule has 0 fully saturated rings. The summed E-state index contributed by atoms with van der Waals surface area (Å²) in [5.41, 5.74) is -0.538. The molecule has 0 saturated heterocycles. The molecule has 3 heteroatoms. The van der Waals surface area contributed by atoms with Gasteiger partial charge < -0.3 is 9.47 Å². The molecule has 0 N–H and O–H groups in total. The standard InChI is InChI=1S/C10H20O3/c1-8(2)6-13-9(11)10(3,4)7-12-5/h8H,6-7H2,1-5H3. The maximum absolute atomic E-state index is 11.5. The van der Waals surface area contributed by atoms with Crippen LogP contribution in [0.2, 0.25) is 0 Å². The van der Waals surface area contributed by atoms with Gasteiger partial charge in [-0.1, -0.05) is 13.8 Å². The number of carbonyl (C=O) groups excluding carboxylic acids is 1. The van der Waals surface area contributed by atoms with Gasteiger partial charge in [-0.05, 0) is 19.8 Å². The highest BCUT2D eigenvalue weighted by atomic mass is 16.5. The molecule has 3 nitrogen and oxygen atoms in total. The van der Waals surface area contributed by atoms with Crippen molar-refractivity contribution in [1.82, 2.24) is 0 Å². The molecule has 0 aromatic heterocycles. The summed E-state index contributed by atoms with van der Waals surface area (Å²) >= 11 is 0. The van der Waals surface area contributed by atoms with Gasteiger partial charge in [-0.3, -0.25) is 4.79 Å². The number of esters is 1. The molecule has 13 heavy (non-hydrogen) atoms. The Hall–Kier alpha value is -0.570. The second kappa shape index (κ2) is 5.22. The van der Waals surface area contributed by atoms with Crippen molar-refractivity contribution in [2.45, 2.75) is 27.7 Å². The minimum absolute atomic E-state index is 0.192. The molecule has 0 bridgehead atoms. The molecule has 0 aliphatic heterocycles. The third-order valence-electron chi connectivity index (χ3n) is 1.61. The van der Waals surface area contributed by atoms with Crippen LogP contribution in [0.5, 0.6) is 0 Å². The first-order valence-electron chi connectivity index (χ1n) is 4.56. The molecule has 0 spiro atoms. The van der Waals surface area contributed by atoms with Gasteiger partial charge in [0.2, 0.25) is 0 Å². The Morgan fingerprint density at radius 3 is 2.31 bits per heavy atom. The fourth-order valence-corrected chi connectivity index (χ4v) is 0.857. The number of methoxy groups -OCH3 is 1. The molecule has 0 amide bonds. The Balaban J connectivity index is 3.94. The number of carbonyl (C=O) groups is 1. The molecule has 0 aromatic carbocycles. The first-order chi connectivity index (χ1) is 5.90. The molecule has 0 aliphatic carbocycles. The van der Waals surface area contributed by atoms with Crippen LogP contribution in [0.25, 0.3) is 0 Å². The van der Waals surface area contributed by atoms with Gasteiger partial charge in [-0.25, -0.2) is 0 Å². The Morgan fingerprint density at radius 1 is 1.38 bits per heavy atom. The molecule has 0 aliphatic rings. The summed E-state index contributed by atoms with van der Waals surface area (Å²) in [6, 6.07) is 0. The summed E-state index contributed by atoms with van der Waals surface area (Å²) in [6.45, 7) is 8.53. The van der Waals surface area contributed by atoms with Gasteiger partial charge in [0, 0.05) is 7.11 Å². The zero-order valence-corrected chi connectivity index (χ0v) is 9.22. The van der Waals surface area contributed by atoms with Crippen LogP contribution >= 0.6 is 0 Å². The molecule has 0 heterocycles. The summed E-state index contributed by atoms with van der Waals surface area (Å²) in [4.78, 5) is 11.5. The van der Waals surface area contributed by atoms with E-state index in [0.717, 1.165) is 0 Å². The Morgan fingerprint density at radius 2 is 1.92 bits per heavy atom. The Kier molecular flexibility index (Phi) is 4.99. The minimum Gasteiger partial charge on any atom is -0.465 e. The highest BCUT2D eigenvalue weighted by Crippen LogP contribution is 2.17. The van der Waals surface area contributed by atoms with Crippen molar-refractivity contribution >= 4 is 5.97 Å². The van der Waals surface area contributed by atoms with Gasteiger partial charge in [0.05, 0.1) is 18.6 Å². The minimum atomic E-state index is -0.538. The lowest BCUT2D eigenvalue weighted by Crippen LogP contribution is -2.32. The van der Waals surface area contributed by atoms with Gasteiger partial charge >= 0.3 is 5.97 Å². The summed E-state index contributed by atoms with van der Waals surface area (Å²) in [6.07, 6.45) is 0. The number of ether oxygens (including phenoxy) is 2. The first-order valence-corrected chi connectivity index (χ1v) is 4.56. The first kappa shape index (κ1) is 12.4. The van der Waals surface area contributed by atoms with E-state index in [0.29, 0.717) is 19.1 Å². The van der Waals surface area contributed by atoms with E-state index in [1.807, 2.05) is 27.7 Å². The van der Waals surface area contributed by atoms with Crippen LogP contribution in [0.1, 0.15) is 27.7 Å². The topological polar surface area (TPSA) is 35.5 Å². The van der Waals surface area contributed by atoms with Crippen LogP contribution < -0.4 is 0 Å². The van der Waals surface area contributed by atoms with Crippen molar-refractivity contribution in [2.75, 3.05) is 20.3 Å². The van der Waals surface area contributed by atoms with Crippen LogP contribution in [0.4, 0.5) is 0 Å². The fraction of sp³-hybridized carbons (Fsp3) is 0.900. The zero-order valence-electron chi connectivity index (χ0n) is 9.22. The zero-order chi connectivity index (χ0) is 10.5. The van der Waals surface area contributed by atoms with Gasteiger partial charge in [0.15, 0.2) is 0 Å². The SMILES string of the molecule is COCC(C)(C)C(=O)OCC(C)C. The summed E-state index contributed by atoms with van der Waals surface area (Å²) in [7, 11) is 1.58. The second-order valence-corrected chi connectivity index (χ2v) is 4.31. The maximum Gasteiger partial charge on any atom is 0.313 e. The average Bonchev–Trinajstić information content (AvgIpc) is 1.99. The Labute approximate surface area is 80.4 Å². The smallest absolute Gasteiger partial charge is 0.313 e. The van der Waals surface area contributed by atoms with Crippen LogP contribution in [0.15, 0.2) is 0 Å². The summed E-state index contributed by atoms with van der Waals surface area (Å²) in [5, 5.41) is 0. The molecular formula is C10H20O3. The highest BCUT2D eigenvalue weighted by Gasteiger charge is 2.29. The molecule has 0 unspecified atom stereocenters. The van der Waals surface area contributed by atoms with Gasteiger partial charge in [0.1, 0.15) is 0 Å². The van der Waals surface area contributed by atoms with Gasteiger partial charge in [0.25, 0.3) is 0 Å². The third kappa shape index (κ3) is 4.88. The van der Waals surface area contributed by atoms with Crippen LogP contribution in [0, 0.1) is 11.3 Å². The fourth-order valence-electron chi connectivity index (χ4n) is 0.857. The van der Waals surface area contributed by atoms with Crippen molar-refractivity contribution in [3.63, 3.8) is 0 Å². The molecule has 78 valence electrons. The lowest BCUT2D eigenvalue weighted by atomic mass is 9.95. The second-order valence-electron chi connectivity index (χ2n) is 4.31. The maximum atomic E-state index is 11.5. The molecule has 0 atom stereocenters. The lowest BCUT2D eigenvalue weighted by Gasteiger charge is -2.21. The predicted octanol–water partition coefficient (Wildman–Crippen LogP) is 1.86. The van der Waals surface area contributed by atoms with E-state index in [9.17, 15) is 4.79 Å². The molecular weight excluding hydrogens is 168 g/mol. The van der Waals surface area contributed by atoms with E-state index in [4.69, 9.17) is 9.47 Å². The summed E-state index contributed by atoms with van der Waals surface area (Å²) < 4.78 is 10.0. The van der Waals surface area contributed by atoms with E-state index < -0.39 is 5.41 Å². The predicted molar refractivity (Wildman–Crippen MR) is 51.5 cm³/mol.